The SMILES string of the molecule is CCCCCCCCC(=NO)c1ccc(OCCCCCC)cc1O. The highest BCUT2D eigenvalue weighted by Crippen LogP contribution is 2.26. The van der Waals surface area contributed by atoms with Crippen LogP contribution in [0.2, 0.25) is 0 Å². The molecule has 0 spiro atoms. The van der Waals surface area contributed by atoms with Crippen molar-refractivity contribution in [1.82, 2.24) is 0 Å². The molecule has 0 amide bonds. The fraction of sp³-hybridized carbons (Fsp3) is 0.667. The molecule has 1 rings (SSSR count). The smallest absolute Gasteiger partial charge is 0.128 e. The minimum atomic E-state index is 0.116. The van der Waals surface area contributed by atoms with Gasteiger partial charge in [0.2, 0.25) is 0 Å². The molecule has 25 heavy (non-hydrogen) atoms. The number of oxime groups is 1. The fourth-order valence-corrected chi connectivity index (χ4v) is 2.88. The van der Waals surface area contributed by atoms with Crippen LogP contribution in [-0.2, 0) is 0 Å². The second-order valence-corrected chi connectivity index (χ2v) is 6.65. The van der Waals surface area contributed by atoms with Gasteiger partial charge in [0, 0.05) is 11.6 Å². The number of hydrogen-bond donors (Lipinski definition) is 2. The van der Waals surface area contributed by atoms with Crippen LogP contribution in [0.4, 0.5) is 0 Å². The molecule has 0 aliphatic carbocycles. The summed E-state index contributed by atoms with van der Waals surface area (Å²) in [7, 11) is 0. The number of aromatic hydroxyl groups is 1. The Hall–Kier alpha value is -1.71. The monoisotopic (exact) mass is 349 g/mol. The topological polar surface area (TPSA) is 62.1 Å². The molecular weight excluding hydrogens is 314 g/mol. The minimum absolute atomic E-state index is 0.116. The summed E-state index contributed by atoms with van der Waals surface area (Å²) in [6, 6.07) is 5.23. The van der Waals surface area contributed by atoms with Gasteiger partial charge in [0.25, 0.3) is 0 Å². The minimum Gasteiger partial charge on any atom is -0.507 e. The van der Waals surface area contributed by atoms with Gasteiger partial charge in [0.15, 0.2) is 0 Å². The molecule has 0 saturated carbocycles. The predicted octanol–water partition coefficient (Wildman–Crippen LogP) is 6.28. The van der Waals surface area contributed by atoms with Crippen LogP contribution in [0.5, 0.6) is 11.5 Å². The van der Waals surface area contributed by atoms with Crippen molar-refractivity contribution in [2.45, 2.75) is 84.5 Å². The van der Waals surface area contributed by atoms with Crippen LogP contribution >= 0.6 is 0 Å². The zero-order chi connectivity index (χ0) is 18.3. The summed E-state index contributed by atoms with van der Waals surface area (Å²) in [6.07, 6.45) is 12.4. The molecule has 1 aromatic rings. The molecule has 4 heteroatoms. The molecule has 0 aromatic heterocycles. The first-order chi connectivity index (χ1) is 12.2. The van der Waals surface area contributed by atoms with Crippen molar-refractivity contribution in [2.24, 2.45) is 5.16 Å². The Morgan fingerprint density at radius 1 is 0.920 bits per heavy atom. The van der Waals surface area contributed by atoms with E-state index in [-0.39, 0.29) is 5.75 Å². The Labute approximate surface area is 152 Å². The lowest BCUT2D eigenvalue weighted by Gasteiger charge is -2.10. The maximum Gasteiger partial charge on any atom is 0.128 e. The van der Waals surface area contributed by atoms with E-state index in [2.05, 4.69) is 19.0 Å². The summed E-state index contributed by atoms with van der Waals surface area (Å²) in [5.41, 5.74) is 1.14. The Morgan fingerprint density at radius 3 is 2.20 bits per heavy atom. The molecule has 0 fully saturated rings. The molecule has 0 heterocycles. The van der Waals surface area contributed by atoms with Crippen LogP contribution in [0.15, 0.2) is 23.4 Å². The third-order valence-corrected chi connectivity index (χ3v) is 4.43. The lowest BCUT2D eigenvalue weighted by Crippen LogP contribution is -2.03. The second kappa shape index (κ2) is 13.6. The van der Waals surface area contributed by atoms with Crippen LogP contribution in [0.25, 0.3) is 0 Å². The van der Waals surface area contributed by atoms with Gasteiger partial charge >= 0.3 is 0 Å². The molecule has 4 nitrogen and oxygen atoms in total. The average Bonchev–Trinajstić information content (AvgIpc) is 2.62. The molecule has 2 N–H and O–H groups in total. The lowest BCUT2D eigenvalue weighted by molar-refractivity contribution is 0.303. The Bertz CT molecular complexity index is 500. The average molecular weight is 350 g/mol. The molecule has 0 bridgehead atoms. The zero-order valence-electron chi connectivity index (χ0n) is 16.0. The summed E-state index contributed by atoms with van der Waals surface area (Å²) in [5.74, 6) is 0.777. The number of hydrogen-bond acceptors (Lipinski definition) is 4. The van der Waals surface area contributed by atoms with Crippen molar-refractivity contribution in [1.29, 1.82) is 0 Å². The summed E-state index contributed by atoms with van der Waals surface area (Å²) in [5, 5.41) is 22.9. The van der Waals surface area contributed by atoms with Gasteiger partial charge in [-0.05, 0) is 31.4 Å². The normalized spacial score (nSPS) is 11.7. The first-order valence-corrected chi connectivity index (χ1v) is 9.90. The van der Waals surface area contributed by atoms with E-state index in [4.69, 9.17) is 4.74 Å². The van der Waals surface area contributed by atoms with Crippen molar-refractivity contribution in [3.8, 4) is 11.5 Å². The van der Waals surface area contributed by atoms with Crippen molar-refractivity contribution in [2.75, 3.05) is 6.61 Å². The molecule has 0 aliphatic rings. The molecule has 1 aromatic carbocycles. The number of phenols is 1. The zero-order valence-corrected chi connectivity index (χ0v) is 16.0. The van der Waals surface area contributed by atoms with Gasteiger partial charge in [-0.25, -0.2) is 0 Å². The lowest BCUT2D eigenvalue weighted by atomic mass is 10.0. The van der Waals surface area contributed by atoms with E-state index < -0.39 is 0 Å². The highest BCUT2D eigenvalue weighted by molar-refractivity contribution is 6.02. The van der Waals surface area contributed by atoms with E-state index in [1.165, 1.54) is 44.9 Å². The maximum absolute atomic E-state index is 10.2. The molecule has 0 radical (unpaired) electrons. The summed E-state index contributed by atoms with van der Waals surface area (Å²) >= 11 is 0. The van der Waals surface area contributed by atoms with Gasteiger partial charge < -0.3 is 15.1 Å². The van der Waals surface area contributed by atoms with Gasteiger partial charge in [0.05, 0.1) is 12.3 Å². The van der Waals surface area contributed by atoms with E-state index in [0.29, 0.717) is 30.1 Å². The van der Waals surface area contributed by atoms with Crippen LogP contribution in [0.1, 0.15) is 90.0 Å². The van der Waals surface area contributed by atoms with Gasteiger partial charge in [-0.3, -0.25) is 0 Å². The van der Waals surface area contributed by atoms with Gasteiger partial charge in [-0.2, -0.15) is 0 Å². The van der Waals surface area contributed by atoms with Crippen LogP contribution in [0.3, 0.4) is 0 Å². The fourth-order valence-electron chi connectivity index (χ4n) is 2.88. The molecule has 142 valence electrons. The number of phenolic OH excluding ortho intramolecular Hbond substituents is 1. The van der Waals surface area contributed by atoms with E-state index >= 15 is 0 Å². The number of unbranched alkanes of at least 4 members (excludes halogenated alkanes) is 8. The van der Waals surface area contributed by atoms with Gasteiger partial charge in [-0.15, -0.1) is 0 Å². The summed E-state index contributed by atoms with van der Waals surface area (Å²) < 4.78 is 5.68. The highest BCUT2D eigenvalue weighted by atomic mass is 16.5. The number of ether oxygens (including phenoxy) is 1. The molecule has 0 aliphatic heterocycles. The van der Waals surface area contributed by atoms with E-state index in [0.717, 1.165) is 19.3 Å². The Kier molecular flexibility index (Phi) is 11.6. The van der Waals surface area contributed by atoms with Gasteiger partial charge in [0.1, 0.15) is 11.5 Å². The highest BCUT2D eigenvalue weighted by Gasteiger charge is 2.11. The molecule has 0 saturated heterocycles. The molecular formula is C21H35NO3. The number of benzene rings is 1. The van der Waals surface area contributed by atoms with E-state index in [1.54, 1.807) is 12.1 Å². The Morgan fingerprint density at radius 2 is 1.56 bits per heavy atom. The van der Waals surface area contributed by atoms with Crippen molar-refractivity contribution in [3.63, 3.8) is 0 Å². The predicted molar refractivity (Wildman–Crippen MR) is 104 cm³/mol. The van der Waals surface area contributed by atoms with Gasteiger partial charge in [-0.1, -0.05) is 70.4 Å². The number of nitrogens with zero attached hydrogens (tertiary/aromatic N) is 1. The van der Waals surface area contributed by atoms with Crippen molar-refractivity contribution in [3.05, 3.63) is 23.8 Å². The van der Waals surface area contributed by atoms with Crippen molar-refractivity contribution < 1.29 is 15.1 Å². The summed E-state index contributed by atoms with van der Waals surface area (Å²) in [4.78, 5) is 0. The van der Waals surface area contributed by atoms with Crippen LogP contribution in [-0.4, -0.2) is 22.6 Å². The largest absolute Gasteiger partial charge is 0.507 e. The van der Waals surface area contributed by atoms with E-state index in [1.807, 2.05) is 6.07 Å². The van der Waals surface area contributed by atoms with Crippen molar-refractivity contribution >= 4 is 5.71 Å². The third kappa shape index (κ3) is 8.80. The Balaban J connectivity index is 2.44. The quantitative estimate of drug-likeness (QED) is 0.180. The first kappa shape index (κ1) is 21.3. The summed E-state index contributed by atoms with van der Waals surface area (Å²) in [6.45, 7) is 5.05. The van der Waals surface area contributed by atoms with E-state index in [9.17, 15) is 10.3 Å². The third-order valence-electron chi connectivity index (χ3n) is 4.43. The first-order valence-electron chi connectivity index (χ1n) is 9.90. The number of rotatable bonds is 14. The molecule has 0 unspecified atom stereocenters. The maximum atomic E-state index is 10.2. The van der Waals surface area contributed by atoms with Crippen LogP contribution < -0.4 is 4.74 Å². The molecule has 0 atom stereocenters. The standard InChI is InChI=1S/C21H35NO3/c1-3-5-7-9-10-11-13-20(22-24)19-15-14-18(17-21(19)23)25-16-12-8-6-4-2/h14-15,17,23-24H,3-13,16H2,1-2H3. The van der Waals surface area contributed by atoms with Crippen LogP contribution in [0, 0.1) is 0 Å². The second-order valence-electron chi connectivity index (χ2n) is 6.65.